The molecule has 13 heavy (non-hydrogen) atoms. The van der Waals surface area contributed by atoms with Crippen molar-refractivity contribution in [1.82, 2.24) is 4.98 Å². The maximum absolute atomic E-state index is 10.4. The second kappa shape index (κ2) is 4.45. The Balaban J connectivity index is 2.64. The largest absolute Gasteiger partial charge is 0.477 e. The molecule has 0 aliphatic carbocycles. The predicted octanol–water partition coefficient (Wildman–Crippen LogP) is 1.60. The van der Waals surface area contributed by atoms with Gasteiger partial charge in [-0.05, 0) is 18.6 Å². The summed E-state index contributed by atoms with van der Waals surface area (Å²) in [5.74, 6) is -0.998. The van der Waals surface area contributed by atoms with Crippen LogP contribution in [0.25, 0.3) is 0 Å². The molecule has 2 N–H and O–H groups in total. The molecule has 0 aromatic carbocycles. The molecule has 0 saturated carbocycles. The third-order valence-corrected chi connectivity index (χ3v) is 1.56. The highest BCUT2D eigenvalue weighted by Gasteiger charge is 2.02. The Labute approximate surface area is 76.6 Å². The van der Waals surface area contributed by atoms with Crippen LogP contribution in [0.4, 0.5) is 5.69 Å². The number of carbonyl (C=O) groups is 1. The van der Waals surface area contributed by atoms with Crippen molar-refractivity contribution < 1.29 is 9.90 Å². The Hall–Kier alpha value is -1.58. The van der Waals surface area contributed by atoms with Gasteiger partial charge in [-0.3, -0.25) is 0 Å². The number of anilines is 1. The Kier molecular flexibility index (Phi) is 3.25. The fourth-order valence-electron chi connectivity index (χ4n) is 0.894. The number of carboxylic acid groups (broad SMARTS) is 1. The van der Waals surface area contributed by atoms with Crippen LogP contribution in [0.1, 0.15) is 23.8 Å². The van der Waals surface area contributed by atoms with E-state index in [1.807, 2.05) is 0 Å². The minimum Gasteiger partial charge on any atom is -0.477 e. The van der Waals surface area contributed by atoms with E-state index in [2.05, 4.69) is 17.2 Å². The summed E-state index contributed by atoms with van der Waals surface area (Å²) in [6.07, 6.45) is 2.56. The van der Waals surface area contributed by atoms with Gasteiger partial charge < -0.3 is 10.4 Å². The monoisotopic (exact) mass is 180 g/mol. The van der Waals surface area contributed by atoms with E-state index in [9.17, 15) is 4.79 Å². The van der Waals surface area contributed by atoms with Crippen LogP contribution >= 0.6 is 0 Å². The van der Waals surface area contributed by atoms with Gasteiger partial charge >= 0.3 is 5.97 Å². The SMILES string of the molecule is CCCNc1ccc(C(=O)O)nc1. The van der Waals surface area contributed by atoms with Gasteiger partial charge in [0.1, 0.15) is 5.69 Å². The first-order chi connectivity index (χ1) is 6.24. The van der Waals surface area contributed by atoms with Crippen LogP contribution in [0.5, 0.6) is 0 Å². The lowest BCUT2D eigenvalue weighted by molar-refractivity contribution is 0.0690. The zero-order valence-electron chi connectivity index (χ0n) is 7.45. The molecule has 0 aliphatic heterocycles. The number of nitrogens with one attached hydrogen (secondary N) is 1. The van der Waals surface area contributed by atoms with Gasteiger partial charge in [-0.2, -0.15) is 0 Å². The van der Waals surface area contributed by atoms with Gasteiger partial charge in [0, 0.05) is 6.54 Å². The van der Waals surface area contributed by atoms with Crippen LogP contribution < -0.4 is 5.32 Å². The van der Waals surface area contributed by atoms with E-state index in [0.717, 1.165) is 18.7 Å². The predicted molar refractivity (Wildman–Crippen MR) is 50.0 cm³/mol. The smallest absolute Gasteiger partial charge is 0.354 e. The maximum atomic E-state index is 10.4. The average molecular weight is 180 g/mol. The molecule has 0 unspecified atom stereocenters. The number of hydrogen-bond acceptors (Lipinski definition) is 3. The molecule has 4 nitrogen and oxygen atoms in total. The van der Waals surface area contributed by atoms with Crippen molar-refractivity contribution in [2.45, 2.75) is 13.3 Å². The molecule has 0 radical (unpaired) electrons. The molecule has 1 rings (SSSR count). The Bertz CT molecular complexity index is 282. The summed E-state index contributed by atoms with van der Waals surface area (Å²) in [7, 11) is 0. The maximum Gasteiger partial charge on any atom is 0.354 e. The van der Waals surface area contributed by atoms with Crippen LogP contribution in [-0.2, 0) is 0 Å². The van der Waals surface area contributed by atoms with Gasteiger partial charge in [-0.1, -0.05) is 6.92 Å². The first-order valence-corrected chi connectivity index (χ1v) is 4.17. The molecule has 0 amide bonds. The van der Waals surface area contributed by atoms with Crippen molar-refractivity contribution in [3.63, 3.8) is 0 Å². The number of aromatic carboxylic acids is 1. The minimum atomic E-state index is -0.998. The van der Waals surface area contributed by atoms with E-state index >= 15 is 0 Å². The van der Waals surface area contributed by atoms with Crippen LogP contribution in [0.3, 0.4) is 0 Å². The van der Waals surface area contributed by atoms with Crippen molar-refractivity contribution in [3.8, 4) is 0 Å². The van der Waals surface area contributed by atoms with Crippen molar-refractivity contribution >= 4 is 11.7 Å². The fourth-order valence-corrected chi connectivity index (χ4v) is 0.894. The standard InChI is InChI=1S/C9H12N2O2/c1-2-5-10-7-3-4-8(9(12)13)11-6-7/h3-4,6,10H,2,5H2,1H3,(H,12,13). The second-order valence-electron chi connectivity index (χ2n) is 2.66. The zero-order valence-corrected chi connectivity index (χ0v) is 7.45. The lowest BCUT2D eigenvalue weighted by atomic mass is 10.3. The lowest BCUT2D eigenvalue weighted by Gasteiger charge is -2.03. The molecule has 1 aromatic rings. The summed E-state index contributed by atoms with van der Waals surface area (Å²) < 4.78 is 0. The Morgan fingerprint density at radius 1 is 1.62 bits per heavy atom. The van der Waals surface area contributed by atoms with Crippen LogP contribution in [0, 0.1) is 0 Å². The normalized spacial score (nSPS) is 9.62. The van der Waals surface area contributed by atoms with Gasteiger partial charge in [0.2, 0.25) is 0 Å². The molecule has 0 saturated heterocycles. The van der Waals surface area contributed by atoms with E-state index in [1.54, 1.807) is 6.07 Å². The molecule has 1 heterocycles. The number of rotatable bonds is 4. The number of nitrogens with zero attached hydrogens (tertiary/aromatic N) is 1. The molecule has 4 heteroatoms. The number of hydrogen-bond donors (Lipinski definition) is 2. The van der Waals surface area contributed by atoms with E-state index < -0.39 is 5.97 Å². The van der Waals surface area contributed by atoms with Crippen LogP contribution in [0.15, 0.2) is 18.3 Å². The van der Waals surface area contributed by atoms with Crippen molar-refractivity contribution in [2.24, 2.45) is 0 Å². The zero-order chi connectivity index (χ0) is 9.68. The van der Waals surface area contributed by atoms with Gasteiger partial charge in [-0.25, -0.2) is 9.78 Å². The Morgan fingerprint density at radius 3 is 2.85 bits per heavy atom. The molecule has 0 fully saturated rings. The molecule has 0 bridgehead atoms. The minimum absolute atomic E-state index is 0.0713. The van der Waals surface area contributed by atoms with Gasteiger partial charge in [-0.15, -0.1) is 0 Å². The van der Waals surface area contributed by atoms with E-state index in [4.69, 9.17) is 5.11 Å². The molecule has 1 aromatic heterocycles. The van der Waals surface area contributed by atoms with E-state index in [0.29, 0.717) is 0 Å². The summed E-state index contributed by atoms with van der Waals surface area (Å²) >= 11 is 0. The van der Waals surface area contributed by atoms with Crippen molar-refractivity contribution in [2.75, 3.05) is 11.9 Å². The molecule has 0 aliphatic rings. The molecule has 70 valence electrons. The van der Waals surface area contributed by atoms with Gasteiger partial charge in [0.05, 0.1) is 11.9 Å². The van der Waals surface area contributed by atoms with Gasteiger partial charge in [0.15, 0.2) is 0 Å². The summed E-state index contributed by atoms with van der Waals surface area (Å²) in [5, 5.41) is 11.7. The highest BCUT2D eigenvalue weighted by molar-refractivity contribution is 5.85. The highest BCUT2D eigenvalue weighted by Crippen LogP contribution is 2.05. The fraction of sp³-hybridized carbons (Fsp3) is 0.333. The van der Waals surface area contributed by atoms with Crippen LogP contribution in [0.2, 0.25) is 0 Å². The quantitative estimate of drug-likeness (QED) is 0.738. The van der Waals surface area contributed by atoms with Crippen molar-refractivity contribution in [1.29, 1.82) is 0 Å². The number of aromatic nitrogens is 1. The van der Waals surface area contributed by atoms with Crippen LogP contribution in [-0.4, -0.2) is 22.6 Å². The molecule has 0 atom stereocenters. The average Bonchev–Trinajstić information content (AvgIpc) is 2.15. The highest BCUT2D eigenvalue weighted by atomic mass is 16.4. The second-order valence-corrected chi connectivity index (χ2v) is 2.66. The van der Waals surface area contributed by atoms with E-state index in [1.165, 1.54) is 12.3 Å². The summed E-state index contributed by atoms with van der Waals surface area (Å²) in [4.78, 5) is 14.2. The third kappa shape index (κ3) is 2.74. The van der Waals surface area contributed by atoms with Crippen molar-refractivity contribution in [3.05, 3.63) is 24.0 Å². The Morgan fingerprint density at radius 2 is 2.38 bits per heavy atom. The number of pyridine rings is 1. The number of carboxylic acids is 1. The van der Waals surface area contributed by atoms with Gasteiger partial charge in [0.25, 0.3) is 0 Å². The molecular formula is C9H12N2O2. The summed E-state index contributed by atoms with van der Waals surface area (Å²) in [5.41, 5.74) is 0.925. The third-order valence-electron chi connectivity index (χ3n) is 1.56. The summed E-state index contributed by atoms with van der Waals surface area (Å²) in [6.45, 7) is 2.93. The first-order valence-electron chi connectivity index (χ1n) is 4.17. The summed E-state index contributed by atoms with van der Waals surface area (Å²) in [6, 6.07) is 3.20. The molecule has 0 spiro atoms. The first kappa shape index (κ1) is 9.51. The topological polar surface area (TPSA) is 62.2 Å². The van der Waals surface area contributed by atoms with E-state index in [-0.39, 0.29) is 5.69 Å². The lowest BCUT2D eigenvalue weighted by Crippen LogP contribution is -2.03. The molecular weight excluding hydrogens is 168 g/mol.